The molecule has 1 aromatic heterocycles. The molecule has 1 aromatic rings. The summed E-state index contributed by atoms with van der Waals surface area (Å²) in [5.41, 5.74) is 5.00. The smallest absolute Gasteiger partial charge is 0.410 e. The molecule has 3 rings (SSSR count). The van der Waals surface area contributed by atoms with Crippen molar-refractivity contribution in [2.45, 2.75) is 98.5 Å². The summed E-state index contributed by atoms with van der Waals surface area (Å²) >= 11 is 0. The second kappa shape index (κ2) is 13.3. The van der Waals surface area contributed by atoms with Gasteiger partial charge >= 0.3 is 6.09 Å². The van der Waals surface area contributed by atoms with Crippen molar-refractivity contribution in [2.75, 3.05) is 38.7 Å². The van der Waals surface area contributed by atoms with Crippen LogP contribution in [0.4, 0.5) is 10.6 Å². The molecular formula is C32H53N5O5. The molecule has 1 aliphatic heterocycles. The molecule has 42 heavy (non-hydrogen) atoms. The van der Waals surface area contributed by atoms with Crippen molar-refractivity contribution in [1.29, 1.82) is 0 Å². The predicted octanol–water partition coefficient (Wildman–Crippen LogP) is 5.21. The van der Waals surface area contributed by atoms with Crippen LogP contribution in [0.3, 0.4) is 0 Å². The van der Waals surface area contributed by atoms with Gasteiger partial charge in [-0.1, -0.05) is 34.6 Å². The van der Waals surface area contributed by atoms with Gasteiger partial charge in [-0.15, -0.1) is 0 Å². The van der Waals surface area contributed by atoms with Gasteiger partial charge in [0.25, 0.3) is 0 Å². The van der Waals surface area contributed by atoms with E-state index in [1.807, 2.05) is 41.5 Å². The summed E-state index contributed by atoms with van der Waals surface area (Å²) in [6, 6.07) is 0. The molecule has 2 aliphatic rings. The SMILES string of the molecule is COCCCNc1nc(C(C)(C)C)ncc1C(=O)C[C@@]1([C@H]2C[C@@H](C(N)=O)CN(C(=O)OC(C)(C)C)C2)CC1CC(C)C. The van der Waals surface area contributed by atoms with E-state index in [1.54, 1.807) is 18.2 Å². The second-order valence-corrected chi connectivity index (χ2v) is 14.8. The Morgan fingerprint density at radius 1 is 1.17 bits per heavy atom. The molecule has 10 nitrogen and oxygen atoms in total. The molecule has 4 atom stereocenters. The number of ketones is 1. The van der Waals surface area contributed by atoms with Gasteiger partial charge in [0.2, 0.25) is 5.91 Å². The Bertz CT molecular complexity index is 1130. The van der Waals surface area contributed by atoms with E-state index in [0.717, 1.165) is 19.3 Å². The van der Waals surface area contributed by atoms with Gasteiger partial charge in [0, 0.05) is 51.4 Å². The first kappa shape index (κ1) is 33.7. The fraction of sp³-hybridized carbons (Fsp3) is 0.781. The minimum Gasteiger partial charge on any atom is -0.444 e. The summed E-state index contributed by atoms with van der Waals surface area (Å²) in [7, 11) is 1.66. The number of methoxy groups -OCH3 is 1. The van der Waals surface area contributed by atoms with Crippen molar-refractivity contribution < 1.29 is 23.9 Å². The average Bonchev–Trinajstić information content (AvgIpc) is 3.56. The molecule has 1 aliphatic carbocycles. The van der Waals surface area contributed by atoms with Gasteiger partial charge < -0.3 is 25.4 Å². The fourth-order valence-electron chi connectivity index (χ4n) is 6.24. The van der Waals surface area contributed by atoms with E-state index in [-0.39, 0.29) is 29.1 Å². The molecule has 10 heteroatoms. The summed E-state index contributed by atoms with van der Waals surface area (Å²) in [6.07, 6.45) is 4.67. The predicted molar refractivity (Wildman–Crippen MR) is 163 cm³/mol. The topological polar surface area (TPSA) is 137 Å². The molecule has 236 valence electrons. The Balaban J connectivity index is 1.94. The van der Waals surface area contributed by atoms with E-state index in [9.17, 15) is 14.4 Å². The van der Waals surface area contributed by atoms with E-state index in [0.29, 0.717) is 61.6 Å². The number of carbonyl (C=O) groups is 3. The summed E-state index contributed by atoms with van der Waals surface area (Å²) in [6.45, 7) is 17.9. The van der Waals surface area contributed by atoms with E-state index in [2.05, 4.69) is 24.1 Å². The number of hydrogen-bond donors (Lipinski definition) is 2. The molecular weight excluding hydrogens is 534 g/mol. The molecule has 2 amide bonds. The molecule has 2 heterocycles. The third kappa shape index (κ3) is 8.64. The largest absolute Gasteiger partial charge is 0.444 e. The number of ether oxygens (including phenoxy) is 2. The normalized spacial score (nSPS) is 24.4. The standard InChI is InChI=1S/C32H53N5O5/c1-20(2)13-22-15-32(22,23-14-21(26(33)39)18-37(19-23)29(40)42-31(6,7)8)16-25(38)24-17-35-28(30(3,4)5)36-27(24)34-11-10-12-41-9/h17,20-23H,10-16,18-19H2,1-9H3,(H2,33,39)(H,34,35,36)/t21-,22?,23+,32+/m1/s1. The van der Waals surface area contributed by atoms with Crippen LogP contribution in [0.5, 0.6) is 0 Å². The summed E-state index contributed by atoms with van der Waals surface area (Å²) < 4.78 is 10.9. The van der Waals surface area contributed by atoms with Gasteiger partial charge in [0.15, 0.2) is 5.78 Å². The number of primary amides is 1. The highest BCUT2D eigenvalue weighted by atomic mass is 16.6. The molecule has 1 unspecified atom stereocenters. The number of anilines is 1. The van der Waals surface area contributed by atoms with Crippen LogP contribution < -0.4 is 11.1 Å². The first-order valence-corrected chi connectivity index (χ1v) is 15.4. The molecule has 0 aromatic carbocycles. The van der Waals surface area contributed by atoms with Crippen LogP contribution in [0.25, 0.3) is 0 Å². The van der Waals surface area contributed by atoms with Crippen molar-refractivity contribution in [3.05, 3.63) is 17.6 Å². The van der Waals surface area contributed by atoms with Crippen LogP contribution in [-0.2, 0) is 19.7 Å². The zero-order valence-corrected chi connectivity index (χ0v) is 27.2. The minimum atomic E-state index is -0.661. The monoisotopic (exact) mass is 587 g/mol. The van der Waals surface area contributed by atoms with Gasteiger partial charge in [-0.2, -0.15) is 0 Å². The minimum absolute atomic E-state index is 0.0269. The van der Waals surface area contributed by atoms with Gasteiger partial charge in [-0.3, -0.25) is 9.59 Å². The molecule has 0 bridgehead atoms. The lowest BCUT2D eigenvalue weighted by Crippen LogP contribution is -2.51. The molecule has 2 fully saturated rings. The summed E-state index contributed by atoms with van der Waals surface area (Å²) in [4.78, 5) is 50.7. The number of nitrogens with one attached hydrogen (secondary N) is 1. The number of Topliss-reactive ketones (excluding diaryl/α,β-unsaturated/α-hetero) is 1. The third-order valence-electron chi connectivity index (χ3n) is 8.42. The number of hydrogen-bond acceptors (Lipinski definition) is 8. The van der Waals surface area contributed by atoms with Crippen molar-refractivity contribution in [1.82, 2.24) is 14.9 Å². The molecule has 1 saturated heterocycles. The number of nitrogens with two attached hydrogens (primary N) is 1. The molecule has 0 spiro atoms. The van der Waals surface area contributed by atoms with Crippen molar-refractivity contribution in [3.63, 3.8) is 0 Å². The Labute approximate surface area is 251 Å². The van der Waals surface area contributed by atoms with Gasteiger partial charge in [-0.25, -0.2) is 14.8 Å². The lowest BCUT2D eigenvalue weighted by Gasteiger charge is -2.41. The van der Waals surface area contributed by atoms with E-state index < -0.39 is 23.5 Å². The zero-order chi connectivity index (χ0) is 31.5. The van der Waals surface area contributed by atoms with E-state index in [1.165, 1.54) is 0 Å². The average molecular weight is 588 g/mol. The third-order valence-corrected chi connectivity index (χ3v) is 8.42. The number of aromatic nitrogens is 2. The molecule has 0 radical (unpaired) electrons. The van der Waals surface area contributed by atoms with Gasteiger partial charge in [0.05, 0.1) is 11.5 Å². The molecule has 1 saturated carbocycles. The van der Waals surface area contributed by atoms with Crippen LogP contribution in [0, 0.1) is 29.1 Å². The zero-order valence-electron chi connectivity index (χ0n) is 27.2. The summed E-state index contributed by atoms with van der Waals surface area (Å²) in [5, 5.41) is 3.35. The van der Waals surface area contributed by atoms with Crippen molar-refractivity contribution in [2.24, 2.45) is 34.8 Å². The van der Waals surface area contributed by atoms with Crippen LogP contribution in [-0.4, -0.2) is 71.6 Å². The quantitative estimate of drug-likeness (QED) is 0.251. The number of likely N-dealkylation sites (tertiary alicyclic amines) is 1. The fourth-order valence-corrected chi connectivity index (χ4v) is 6.24. The number of amides is 2. The maximum absolute atomic E-state index is 14.1. The number of carbonyl (C=O) groups excluding carboxylic acids is 3. The van der Waals surface area contributed by atoms with Crippen LogP contribution in [0.15, 0.2) is 6.20 Å². The maximum atomic E-state index is 14.1. The van der Waals surface area contributed by atoms with Gasteiger partial charge in [-0.05, 0) is 69.6 Å². The van der Waals surface area contributed by atoms with Crippen molar-refractivity contribution in [3.8, 4) is 0 Å². The van der Waals surface area contributed by atoms with Crippen LogP contribution in [0.2, 0.25) is 0 Å². The second-order valence-electron chi connectivity index (χ2n) is 14.8. The van der Waals surface area contributed by atoms with Gasteiger partial charge in [0.1, 0.15) is 17.2 Å². The number of rotatable bonds is 12. The lowest BCUT2D eigenvalue weighted by atomic mass is 9.73. The lowest BCUT2D eigenvalue weighted by molar-refractivity contribution is -0.124. The van der Waals surface area contributed by atoms with Crippen LogP contribution in [0.1, 0.15) is 104 Å². The Morgan fingerprint density at radius 3 is 2.43 bits per heavy atom. The van der Waals surface area contributed by atoms with E-state index >= 15 is 0 Å². The number of nitrogens with zero attached hydrogens (tertiary/aromatic N) is 3. The highest BCUT2D eigenvalue weighted by molar-refractivity contribution is 6.00. The Morgan fingerprint density at radius 2 is 1.86 bits per heavy atom. The first-order chi connectivity index (χ1) is 19.5. The number of piperidine rings is 1. The van der Waals surface area contributed by atoms with Crippen molar-refractivity contribution >= 4 is 23.6 Å². The Kier molecular flexibility index (Phi) is 10.7. The first-order valence-electron chi connectivity index (χ1n) is 15.4. The Hall–Kier alpha value is -2.75. The molecule has 3 N–H and O–H groups in total. The maximum Gasteiger partial charge on any atom is 0.410 e. The van der Waals surface area contributed by atoms with Crippen LogP contribution >= 0.6 is 0 Å². The van der Waals surface area contributed by atoms with E-state index in [4.69, 9.17) is 20.2 Å². The highest BCUT2D eigenvalue weighted by Crippen LogP contribution is 2.65. The highest BCUT2D eigenvalue weighted by Gasteiger charge is 2.60. The summed E-state index contributed by atoms with van der Waals surface area (Å²) in [5.74, 6) is 0.972.